The summed E-state index contributed by atoms with van der Waals surface area (Å²) >= 11 is 1.50. The van der Waals surface area contributed by atoms with E-state index in [1.807, 2.05) is 57.7 Å². The molecular weight excluding hydrogens is 406 g/mol. The van der Waals surface area contributed by atoms with Crippen LogP contribution in [0.4, 0.5) is 5.69 Å². The van der Waals surface area contributed by atoms with Gasteiger partial charge in [0, 0.05) is 41.6 Å². The van der Waals surface area contributed by atoms with Gasteiger partial charge in [0.25, 0.3) is 0 Å². The van der Waals surface area contributed by atoms with Gasteiger partial charge in [0.1, 0.15) is 0 Å². The van der Waals surface area contributed by atoms with E-state index in [1.54, 1.807) is 6.07 Å². The standard InChI is InChI=1S/C21H29N3O3S2/c1-14-7-6-8-15(2)20(14)22-21(25)17(4)23-9-11-24(12-10-23)29(26,27)19-13-16(3)28-18(19)5/h6-8,13,17H,9-12H2,1-5H3,(H,22,25). The van der Waals surface area contributed by atoms with Gasteiger partial charge in [-0.3, -0.25) is 9.69 Å². The molecule has 2 heterocycles. The quantitative estimate of drug-likeness (QED) is 0.782. The maximum absolute atomic E-state index is 13.0. The largest absolute Gasteiger partial charge is 0.324 e. The Morgan fingerprint density at radius 1 is 1.07 bits per heavy atom. The van der Waals surface area contributed by atoms with Crippen molar-refractivity contribution < 1.29 is 13.2 Å². The van der Waals surface area contributed by atoms with Crippen LogP contribution in [0.3, 0.4) is 0 Å². The number of aryl methyl sites for hydroxylation is 4. The van der Waals surface area contributed by atoms with Crippen molar-refractivity contribution in [2.24, 2.45) is 0 Å². The second-order valence-corrected chi connectivity index (χ2v) is 11.0. The molecule has 1 saturated heterocycles. The number of sulfonamides is 1. The fourth-order valence-electron chi connectivity index (χ4n) is 3.74. The van der Waals surface area contributed by atoms with E-state index in [0.29, 0.717) is 31.1 Å². The van der Waals surface area contributed by atoms with E-state index in [-0.39, 0.29) is 11.9 Å². The molecule has 0 aliphatic carbocycles. The first-order valence-corrected chi connectivity index (χ1v) is 12.0. The Morgan fingerprint density at radius 3 is 2.17 bits per heavy atom. The molecule has 1 atom stereocenters. The molecule has 2 aromatic rings. The number of anilines is 1. The third-order valence-corrected chi connectivity index (χ3v) is 8.66. The van der Waals surface area contributed by atoms with Crippen LogP contribution in [0.15, 0.2) is 29.2 Å². The lowest BCUT2D eigenvalue weighted by Gasteiger charge is -2.36. The maximum atomic E-state index is 13.0. The Bertz CT molecular complexity index is 986. The lowest BCUT2D eigenvalue weighted by molar-refractivity contribution is -0.121. The molecule has 1 aliphatic rings. The first-order valence-electron chi connectivity index (χ1n) is 9.79. The van der Waals surface area contributed by atoms with E-state index in [2.05, 4.69) is 5.32 Å². The van der Waals surface area contributed by atoms with E-state index < -0.39 is 10.0 Å². The van der Waals surface area contributed by atoms with E-state index in [1.165, 1.54) is 15.6 Å². The van der Waals surface area contributed by atoms with E-state index in [9.17, 15) is 13.2 Å². The predicted octanol–water partition coefficient (Wildman–Crippen LogP) is 3.32. The minimum Gasteiger partial charge on any atom is -0.324 e. The monoisotopic (exact) mass is 435 g/mol. The van der Waals surface area contributed by atoms with Crippen molar-refractivity contribution in [3.8, 4) is 0 Å². The van der Waals surface area contributed by atoms with Crippen LogP contribution in [-0.4, -0.2) is 55.8 Å². The fraction of sp³-hybridized carbons (Fsp3) is 0.476. The number of nitrogens with zero attached hydrogens (tertiary/aromatic N) is 2. The summed E-state index contributed by atoms with van der Waals surface area (Å²) in [5, 5.41) is 3.04. The molecule has 1 unspecified atom stereocenters. The molecule has 29 heavy (non-hydrogen) atoms. The van der Waals surface area contributed by atoms with Gasteiger partial charge in [0.15, 0.2) is 0 Å². The highest BCUT2D eigenvalue weighted by Crippen LogP contribution is 2.28. The van der Waals surface area contributed by atoms with Crippen LogP contribution >= 0.6 is 11.3 Å². The summed E-state index contributed by atoms with van der Waals surface area (Å²) < 4.78 is 27.5. The number of hydrogen-bond donors (Lipinski definition) is 1. The van der Waals surface area contributed by atoms with Crippen molar-refractivity contribution in [1.82, 2.24) is 9.21 Å². The molecule has 158 valence electrons. The Balaban J connectivity index is 1.64. The van der Waals surface area contributed by atoms with Crippen molar-refractivity contribution >= 4 is 33.0 Å². The zero-order valence-electron chi connectivity index (χ0n) is 17.7. The number of carbonyl (C=O) groups is 1. The number of carbonyl (C=O) groups excluding carboxylic acids is 1. The number of amides is 1. The Kier molecular flexibility index (Phi) is 6.48. The van der Waals surface area contributed by atoms with Crippen molar-refractivity contribution in [3.05, 3.63) is 45.1 Å². The van der Waals surface area contributed by atoms with Crippen LogP contribution in [0, 0.1) is 27.7 Å². The first kappa shape index (κ1) is 22.0. The minimum absolute atomic E-state index is 0.0667. The van der Waals surface area contributed by atoms with Gasteiger partial charge in [-0.05, 0) is 51.8 Å². The van der Waals surface area contributed by atoms with Gasteiger partial charge in [-0.25, -0.2) is 8.42 Å². The predicted molar refractivity (Wildman–Crippen MR) is 118 cm³/mol. The van der Waals surface area contributed by atoms with Gasteiger partial charge in [-0.15, -0.1) is 11.3 Å². The highest BCUT2D eigenvalue weighted by atomic mass is 32.2. The SMILES string of the molecule is Cc1cc(S(=O)(=O)N2CCN(C(C)C(=O)Nc3c(C)cccc3C)CC2)c(C)s1. The third-order valence-electron chi connectivity index (χ3n) is 5.54. The normalized spacial score (nSPS) is 17.3. The zero-order valence-corrected chi connectivity index (χ0v) is 19.3. The average molecular weight is 436 g/mol. The van der Waals surface area contributed by atoms with Crippen molar-refractivity contribution in [3.63, 3.8) is 0 Å². The topological polar surface area (TPSA) is 69.7 Å². The molecule has 8 heteroatoms. The van der Waals surface area contributed by atoms with Crippen molar-refractivity contribution in [1.29, 1.82) is 0 Å². The molecule has 1 amide bonds. The highest BCUT2D eigenvalue weighted by Gasteiger charge is 2.33. The molecule has 1 fully saturated rings. The van der Waals surface area contributed by atoms with Crippen LogP contribution < -0.4 is 5.32 Å². The molecule has 1 aromatic heterocycles. The third kappa shape index (κ3) is 4.55. The van der Waals surface area contributed by atoms with Crippen molar-refractivity contribution in [2.45, 2.75) is 45.6 Å². The van der Waals surface area contributed by atoms with Crippen LogP contribution in [0.5, 0.6) is 0 Å². The number of nitrogens with one attached hydrogen (secondary N) is 1. The summed E-state index contributed by atoms with van der Waals surface area (Å²) in [6.45, 7) is 11.4. The molecule has 1 N–H and O–H groups in total. The molecule has 0 bridgehead atoms. The average Bonchev–Trinajstić information content (AvgIpc) is 3.03. The Hall–Kier alpha value is -1.74. The van der Waals surface area contributed by atoms with Crippen LogP contribution in [0.25, 0.3) is 0 Å². The fourth-order valence-corrected chi connectivity index (χ4v) is 6.68. The number of para-hydroxylation sites is 1. The van der Waals surface area contributed by atoms with Gasteiger partial charge >= 0.3 is 0 Å². The summed E-state index contributed by atoms with van der Waals surface area (Å²) in [4.78, 5) is 17.1. The summed E-state index contributed by atoms with van der Waals surface area (Å²) in [6.07, 6.45) is 0. The number of benzene rings is 1. The number of thiophene rings is 1. The van der Waals surface area contributed by atoms with Gasteiger partial charge in [-0.1, -0.05) is 18.2 Å². The second kappa shape index (κ2) is 8.55. The van der Waals surface area contributed by atoms with Gasteiger partial charge < -0.3 is 5.32 Å². The van der Waals surface area contributed by atoms with E-state index in [0.717, 1.165) is 26.6 Å². The number of piperazine rings is 1. The highest BCUT2D eigenvalue weighted by molar-refractivity contribution is 7.89. The lowest BCUT2D eigenvalue weighted by atomic mass is 10.1. The van der Waals surface area contributed by atoms with Gasteiger partial charge in [-0.2, -0.15) is 4.31 Å². The Morgan fingerprint density at radius 2 is 1.66 bits per heavy atom. The molecule has 0 radical (unpaired) electrons. The van der Waals surface area contributed by atoms with Gasteiger partial charge in [0.2, 0.25) is 15.9 Å². The molecule has 6 nitrogen and oxygen atoms in total. The maximum Gasteiger partial charge on any atom is 0.244 e. The van der Waals surface area contributed by atoms with E-state index >= 15 is 0 Å². The molecule has 0 saturated carbocycles. The van der Waals surface area contributed by atoms with Crippen molar-refractivity contribution in [2.75, 3.05) is 31.5 Å². The summed E-state index contributed by atoms with van der Waals surface area (Å²) in [6, 6.07) is 7.35. The van der Waals surface area contributed by atoms with Crippen LogP contribution in [0.1, 0.15) is 27.8 Å². The van der Waals surface area contributed by atoms with E-state index in [4.69, 9.17) is 0 Å². The molecule has 0 spiro atoms. The molecule has 3 rings (SSSR count). The van der Waals surface area contributed by atoms with Crippen LogP contribution in [0.2, 0.25) is 0 Å². The zero-order chi connectivity index (χ0) is 21.3. The van der Waals surface area contributed by atoms with Gasteiger partial charge in [0.05, 0.1) is 10.9 Å². The summed E-state index contributed by atoms with van der Waals surface area (Å²) in [5.41, 5.74) is 2.92. The number of hydrogen-bond acceptors (Lipinski definition) is 5. The number of rotatable bonds is 5. The first-order chi connectivity index (χ1) is 13.6. The lowest BCUT2D eigenvalue weighted by Crippen LogP contribution is -2.54. The molecular formula is C21H29N3O3S2. The second-order valence-electron chi connectivity index (χ2n) is 7.65. The van der Waals surface area contributed by atoms with Crippen LogP contribution in [-0.2, 0) is 14.8 Å². The molecule has 1 aromatic carbocycles. The summed E-state index contributed by atoms with van der Waals surface area (Å²) in [5.74, 6) is -0.0667. The molecule has 1 aliphatic heterocycles. The smallest absolute Gasteiger partial charge is 0.244 e. The summed E-state index contributed by atoms with van der Waals surface area (Å²) in [7, 11) is -3.48. The Labute approximate surface area is 177 Å². The minimum atomic E-state index is -3.48.